The Morgan fingerprint density at radius 1 is 1.22 bits per heavy atom. The minimum atomic E-state index is -0.912. The summed E-state index contributed by atoms with van der Waals surface area (Å²) >= 11 is 0. The first-order valence-electron chi connectivity index (χ1n) is 10.7. The Bertz CT molecular complexity index is 884. The van der Waals surface area contributed by atoms with Crippen LogP contribution in [0.2, 0.25) is 0 Å². The van der Waals surface area contributed by atoms with Crippen LogP contribution in [0.5, 0.6) is 5.75 Å². The van der Waals surface area contributed by atoms with Crippen molar-refractivity contribution >= 4 is 17.5 Å². The summed E-state index contributed by atoms with van der Waals surface area (Å²) in [6.07, 6.45) is -0.671. The van der Waals surface area contributed by atoms with Crippen LogP contribution in [0.15, 0.2) is 48.5 Å². The summed E-state index contributed by atoms with van der Waals surface area (Å²) < 4.78 is 15.9. The number of ether oxygens (including phenoxy) is 3. The first-order chi connectivity index (χ1) is 15.5. The Morgan fingerprint density at radius 2 is 1.94 bits per heavy atom. The van der Waals surface area contributed by atoms with Crippen molar-refractivity contribution in [3.05, 3.63) is 59.7 Å². The number of benzene rings is 2. The van der Waals surface area contributed by atoms with E-state index in [0.717, 1.165) is 11.3 Å². The summed E-state index contributed by atoms with van der Waals surface area (Å²) in [5.41, 5.74) is 2.15. The van der Waals surface area contributed by atoms with Crippen molar-refractivity contribution in [2.24, 2.45) is 0 Å². The maximum atomic E-state index is 12.3. The monoisotopic (exact) mass is 442 g/mol. The molecule has 32 heavy (non-hydrogen) atoms. The van der Waals surface area contributed by atoms with Crippen LogP contribution in [0.25, 0.3) is 0 Å². The second kappa shape index (κ2) is 11.6. The van der Waals surface area contributed by atoms with Crippen molar-refractivity contribution in [1.82, 2.24) is 4.90 Å². The van der Waals surface area contributed by atoms with E-state index in [1.165, 1.54) is 0 Å². The molecule has 172 valence electrons. The first-order valence-corrected chi connectivity index (χ1v) is 10.7. The molecule has 2 aromatic carbocycles. The van der Waals surface area contributed by atoms with Gasteiger partial charge in [0.25, 0.3) is 0 Å². The van der Waals surface area contributed by atoms with E-state index in [4.69, 9.17) is 14.2 Å². The van der Waals surface area contributed by atoms with Gasteiger partial charge in [-0.3, -0.25) is 9.59 Å². The number of aliphatic hydroxyl groups excluding tert-OH is 1. The number of nitrogens with zero attached hydrogens (tertiary/aromatic N) is 1. The fraction of sp³-hybridized carbons (Fsp3) is 0.417. The molecule has 8 heteroatoms. The average Bonchev–Trinajstić information content (AvgIpc) is 2.80. The summed E-state index contributed by atoms with van der Waals surface area (Å²) in [6, 6.07) is 13.8. The molecule has 0 bridgehead atoms. The van der Waals surface area contributed by atoms with E-state index in [1.807, 2.05) is 31.2 Å². The van der Waals surface area contributed by atoms with E-state index in [-0.39, 0.29) is 31.4 Å². The Hall–Kier alpha value is -2.94. The Balaban J connectivity index is 1.59. The zero-order valence-electron chi connectivity index (χ0n) is 18.5. The highest BCUT2D eigenvalue weighted by atomic mass is 16.5. The smallest absolute Gasteiger partial charge is 0.249 e. The van der Waals surface area contributed by atoms with Crippen molar-refractivity contribution in [2.45, 2.75) is 25.5 Å². The van der Waals surface area contributed by atoms with Crippen LogP contribution in [0.4, 0.5) is 5.69 Å². The van der Waals surface area contributed by atoms with Crippen molar-refractivity contribution < 1.29 is 28.9 Å². The van der Waals surface area contributed by atoms with Gasteiger partial charge in [0.15, 0.2) is 0 Å². The van der Waals surface area contributed by atoms with Gasteiger partial charge in [-0.25, -0.2) is 0 Å². The second-order valence-corrected chi connectivity index (χ2v) is 7.51. The number of carbonyl (C=O) groups is 2. The van der Waals surface area contributed by atoms with Gasteiger partial charge in [0.05, 0.1) is 32.8 Å². The number of amides is 2. The molecule has 1 aliphatic rings. The number of carbonyl (C=O) groups excluding carboxylic acids is 2. The third-order valence-electron chi connectivity index (χ3n) is 5.34. The van der Waals surface area contributed by atoms with Crippen molar-refractivity contribution in [3.8, 4) is 5.75 Å². The molecule has 0 unspecified atom stereocenters. The largest absolute Gasteiger partial charge is 0.497 e. The van der Waals surface area contributed by atoms with E-state index < -0.39 is 12.1 Å². The van der Waals surface area contributed by atoms with Gasteiger partial charge in [0.1, 0.15) is 18.5 Å². The molecule has 0 radical (unpaired) electrons. The normalized spacial score (nSPS) is 17.2. The summed E-state index contributed by atoms with van der Waals surface area (Å²) in [5.74, 6) is 0.434. The molecule has 1 fully saturated rings. The number of morpholine rings is 1. The van der Waals surface area contributed by atoms with Crippen molar-refractivity contribution in [1.29, 1.82) is 0 Å². The third kappa shape index (κ3) is 6.29. The first kappa shape index (κ1) is 23.7. The van der Waals surface area contributed by atoms with Crippen molar-refractivity contribution in [2.75, 3.05) is 45.4 Å². The zero-order chi connectivity index (χ0) is 22.9. The number of rotatable bonds is 10. The van der Waals surface area contributed by atoms with Crippen LogP contribution < -0.4 is 10.1 Å². The van der Waals surface area contributed by atoms with Crippen LogP contribution in [-0.4, -0.2) is 67.9 Å². The fourth-order valence-corrected chi connectivity index (χ4v) is 3.60. The minimum absolute atomic E-state index is 0.00844. The Morgan fingerprint density at radius 3 is 2.59 bits per heavy atom. The summed E-state index contributed by atoms with van der Waals surface area (Å²) in [5, 5.41) is 13.7. The molecule has 1 aliphatic heterocycles. The van der Waals surface area contributed by atoms with E-state index in [1.54, 1.807) is 36.3 Å². The number of aliphatic hydroxyl groups is 1. The Labute approximate surface area is 188 Å². The van der Waals surface area contributed by atoms with Crippen LogP contribution >= 0.6 is 0 Å². The summed E-state index contributed by atoms with van der Waals surface area (Å²) in [7, 11) is 1.60. The minimum Gasteiger partial charge on any atom is -0.497 e. The molecule has 0 aromatic heterocycles. The van der Waals surface area contributed by atoms with Gasteiger partial charge in [-0.1, -0.05) is 24.3 Å². The van der Waals surface area contributed by atoms with Gasteiger partial charge in [0, 0.05) is 18.8 Å². The number of anilines is 1. The van der Waals surface area contributed by atoms with Crippen LogP contribution in [0, 0.1) is 0 Å². The molecule has 0 saturated carbocycles. The standard InChI is InChI=1S/C24H30N2O6/c1-3-31-13-12-26-21(15-32-16-23(26)28)24(29)18-6-8-19(9-7-18)25-22(27)14-17-4-10-20(30-2)11-5-17/h4-11,21,24,29H,3,12-16H2,1-2H3,(H,25,27)/t21-,24-/m1/s1. The zero-order valence-corrected chi connectivity index (χ0v) is 18.5. The lowest BCUT2D eigenvalue weighted by atomic mass is 10.00. The van der Waals surface area contributed by atoms with Gasteiger partial charge in [-0.15, -0.1) is 0 Å². The summed E-state index contributed by atoms with van der Waals surface area (Å²) in [4.78, 5) is 26.2. The van der Waals surface area contributed by atoms with Gasteiger partial charge in [-0.2, -0.15) is 0 Å². The van der Waals surface area contributed by atoms with Gasteiger partial charge < -0.3 is 29.5 Å². The van der Waals surface area contributed by atoms with Crippen LogP contribution in [0.3, 0.4) is 0 Å². The van der Waals surface area contributed by atoms with Crippen LogP contribution in [0.1, 0.15) is 24.2 Å². The molecular weight excluding hydrogens is 412 g/mol. The molecule has 1 saturated heterocycles. The maximum Gasteiger partial charge on any atom is 0.249 e. The molecule has 3 rings (SSSR count). The maximum absolute atomic E-state index is 12.3. The third-order valence-corrected chi connectivity index (χ3v) is 5.34. The fourth-order valence-electron chi connectivity index (χ4n) is 3.60. The van der Waals surface area contributed by atoms with E-state index >= 15 is 0 Å². The SMILES string of the molecule is CCOCCN1C(=O)COC[C@@H]1[C@H](O)c1ccc(NC(=O)Cc2ccc(OC)cc2)cc1. The predicted molar refractivity (Wildman–Crippen MR) is 120 cm³/mol. The second-order valence-electron chi connectivity index (χ2n) is 7.51. The predicted octanol–water partition coefficient (Wildman–Crippen LogP) is 2.17. The number of hydrogen-bond donors (Lipinski definition) is 2. The molecule has 2 amide bonds. The lowest BCUT2D eigenvalue weighted by Gasteiger charge is -2.38. The highest BCUT2D eigenvalue weighted by molar-refractivity contribution is 5.92. The van der Waals surface area contributed by atoms with Crippen molar-refractivity contribution in [3.63, 3.8) is 0 Å². The quantitative estimate of drug-likeness (QED) is 0.548. The average molecular weight is 443 g/mol. The van der Waals surface area contributed by atoms with E-state index in [2.05, 4.69) is 5.32 Å². The van der Waals surface area contributed by atoms with E-state index in [0.29, 0.717) is 31.0 Å². The van der Waals surface area contributed by atoms with E-state index in [9.17, 15) is 14.7 Å². The molecule has 2 atom stereocenters. The molecule has 2 aromatic rings. The van der Waals surface area contributed by atoms with Gasteiger partial charge >= 0.3 is 0 Å². The molecular formula is C24H30N2O6. The highest BCUT2D eigenvalue weighted by Gasteiger charge is 2.34. The highest BCUT2D eigenvalue weighted by Crippen LogP contribution is 2.25. The molecule has 1 heterocycles. The molecule has 2 N–H and O–H groups in total. The van der Waals surface area contributed by atoms with Gasteiger partial charge in [-0.05, 0) is 42.3 Å². The number of methoxy groups -OCH3 is 1. The Kier molecular flexibility index (Phi) is 8.61. The summed E-state index contributed by atoms with van der Waals surface area (Å²) in [6.45, 7) is 3.53. The number of nitrogens with one attached hydrogen (secondary N) is 1. The lowest BCUT2D eigenvalue weighted by Crippen LogP contribution is -2.53. The molecule has 0 aliphatic carbocycles. The van der Waals surface area contributed by atoms with Crippen LogP contribution in [-0.2, 0) is 25.5 Å². The molecule has 8 nitrogen and oxygen atoms in total. The lowest BCUT2D eigenvalue weighted by molar-refractivity contribution is -0.155. The topological polar surface area (TPSA) is 97.3 Å². The number of hydrogen-bond acceptors (Lipinski definition) is 6. The molecule has 0 spiro atoms. The van der Waals surface area contributed by atoms with Gasteiger partial charge in [0.2, 0.25) is 11.8 Å².